The Labute approximate surface area is 182 Å². The summed E-state index contributed by atoms with van der Waals surface area (Å²) in [6, 6.07) is 8.06. The highest BCUT2D eigenvalue weighted by atomic mass is 32.2. The van der Waals surface area contributed by atoms with E-state index in [0.29, 0.717) is 11.3 Å². The molecule has 0 aliphatic carbocycles. The van der Waals surface area contributed by atoms with Crippen LogP contribution in [0.5, 0.6) is 5.88 Å². The van der Waals surface area contributed by atoms with E-state index in [1.807, 2.05) is 0 Å². The number of rotatable bonds is 8. The third kappa shape index (κ3) is 5.92. The molecule has 8 nitrogen and oxygen atoms in total. The molecule has 32 heavy (non-hydrogen) atoms. The molecule has 2 heterocycles. The Morgan fingerprint density at radius 1 is 1.06 bits per heavy atom. The summed E-state index contributed by atoms with van der Waals surface area (Å²) in [5.41, 5.74) is 6.88. The Bertz CT molecular complexity index is 1220. The van der Waals surface area contributed by atoms with Crippen molar-refractivity contribution in [2.24, 2.45) is 5.14 Å². The summed E-state index contributed by atoms with van der Waals surface area (Å²) in [6.45, 7) is 1.46. The van der Waals surface area contributed by atoms with Crippen molar-refractivity contribution < 1.29 is 26.3 Å². The minimum Gasteiger partial charge on any atom is -0.477 e. The van der Waals surface area contributed by atoms with Crippen molar-refractivity contribution in [2.45, 2.75) is 19.8 Å². The first kappa shape index (κ1) is 23.4. The van der Waals surface area contributed by atoms with E-state index in [1.165, 1.54) is 30.3 Å². The van der Waals surface area contributed by atoms with Gasteiger partial charge in [0.15, 0.2) is 0 Å². The molecule has 4 N–H and O–H groups in total. The van der Waals surface area contributed by atoms with Crippen LogP contribution in [0, 0.1) is 12.7 Å². The van der Waals surface area contributed by atoms with E-state index in [-0.39, 0.29) is 47.4 Å². The van der Waals surface area contributed by atoms with Gasteiger partial charge in [0.05, 0.1) is 23.6 Å². The Kier molecular flexibility index (Phi) is 6.94. The Balaban J connectivity index is 2.15. The fourth-order valence-electron chi connectivity index (χ4n) is 3.02. The smallest absolute Gasteiger partial charge is 0.280 e. The van der Waals surface area contributed by atoms with Gasteiger partial charge in [0.25, 0.3) is 6.43 Å². The fourth-order valence-corrected chi connectivity index (χ4v) is 3.54. The van der Waals surface area contributed by atoms with Crippen LogP contribution in [0.15, 0.2) is 36.4 Å². The molecular weight excluding hydrogens is 447 g/mol. The lowest BCUT2D eigenvalue weighted by molar-refractivity contribution is 0.146. The molecule has 0 unspecified atom stereocenters. The van der Waals surface area contributed by atoms with Crippen LogP contribution >= 0.6 is 0 Å². The molecule has 0 spiro atoms. The quantitative estimate of drug-likeness (QED) is 0.486. The summed E-state index contributed by atoms with van der Waals surface area (Å²) in [5, 5.41) is 5.00. The van der Waals surface area contributed by atoms with Crippen LogP contribution in [0.25, 0.3) is 22.4 Å². The average Bonchev–Trinajstić information content (AvgIpc) is 2.70. The first-order valence-electron chi connectivity index (χ1n) is 9.37. The summed E-state index contributed by atoms with van der Waals surface area (Å²) in [4.78, 5) is 12.1. The van der Waals surface area contributed by atoms with Crippen LogP contribution in [0.4, 0.5) is 19.1 Å². The van der Waals surface area contributed by atoms with E-state index in [0.717, 1.165) is 0 Å². The van der Waals surface area contributed by atoms with Gasteiger partial charge in [-0.05, 0) is 55.3 Å². The highest BCUT2D eigenvalue weighted by molar-refractivity contribution is 7.89. The molecule has 0 saturated heterocycles. The van der Waals surface area contributed by atoms with Gasteiger partial charge in [0.2, 0.25) is 21.9 Å². The summed E-state index contributed by atoms with van der Waals surface area (Å²) in [5.74, 6) is -1.01. The summed E-state index contributed by atoms with van der Waals surface area (Å²) < 4.78 is 68.2. The molecule has 0 atom stereocenters. The van der Waals surface area contributed by atoms with Crippen molar-refractivity contribution in [3.05, 3.63) is 53.6 Å². The van der Waals surface area contributed by atoms with Crippen LogP contribution in [0.2, 0.25) is 0 Å². The molecule has 0 amide bonds. The molecule has 1 aromatic carbocycles. The SMILES string of the molecule is Cc1cc(-c2c(OCCCS(N)(=O)=O)nc(N)nc2-c2ccc(F)cc2)cc(C(F)F)n1. The summed E-state index contributed by atoms with van der Waals surface area (Å²) in [6.07, 6.45) is -2.76. The number of benzene rings is 1. The van der Waals surface area contributed by atoms with Crippen molar-refractivity contribution in [2.75, 3.05) is 18.1 Å². The van der Waals surface area contributed by atoms with E-state index in [1.54, 1.807) is 13.0 Å². The first-order valence-corrected chi connectivity index (χ1v) is 11.1. The normalized spacial score (nSPS) is 11.7. The Morgan fingerprint density at radius 2 is 1.75 bits per heavy atom. The van der Waals surface area contributed by atoms with Gasteiger partial charge >= 0.3 is 0 Å². The van der Waals surface area contributed by atoms with Crippen molar-refractivity contribution >= 4 is 16.0 Å². The number of pyridine rings is 1. The number of alkyl halides is 2. The second-order valence-electron chi connectivity index (χ2n) is 6.91. The van der Waals surface area contributed by atoms with Gasteiger partial charge in [-0.1, -0.05) is 0 Å². The lowest BCUT2D eigenvalue weighted by Crippen LogP contribution is -2.18. The summed E-state index contributed by atoms with van der Waals surface area (Å²) >= 11 is 0. The first-order chi connectivity index (χ1) is 15.0. The third-order valence-electron chi connectivity index (χ3n) is 4.31. The standard InChI is InChI=1S/C20H20F3N5O3S/c1-11-9-13(10-15(26-11)18(22)23)16-17(12-3-5-14(21)6-4-12)27-20(24)28-19(16)31-7-2-8-32(25,29)30/h3-6,9-10,18H,2,7-8H2,1H3,(H2,24,27,28)(H2,25,29,30). The highest BCUT2D eigenvalue weighted by Gasteiger charge is 2.21. The van der Waals surface area contributed by atoms with Crippen molar-refractivity contribution in [1.29, 1.82) is 0 Å². The number of anilines is 1. The van der Waals surface area contributed by atoms with Crippen LogP contribution in [-0.2, 0) is 10.0 Å². The Hall–Kier alpha value is -3.25. The third-order valence-corrected chi connectivity index (χ3v) is 5.17. The molecule has 3 rings (SSSR count). The van der Waals surface area contributed by atoms with Crippen LogP contribution in [-0.4, -0.2) is 35.7 Å². The number of aryl methyl sites for hydroxylation is 1. The van der Waals surface area contributed by atoms with Crippen molar-refractivity contribution in [1.82, 2.24) is 15.0 Å². The van der Waals surface area contributed by atoms with Crippen LogP contribution < -0.4 is 15.6 Å². The molecule has 0 aliphatic heterocycles. The van der Waals surface area contributed by atoms with Gasteiger partial charge < -0.3 is 10.5 Å². The minimum atomic E-state index is -3.69. The summed E-state index contributed by atoms with van der Waals surface area (Å²) in [7, 11) is -3.69. The number of halogens is 3. The largest absolute Gasteiger partial charge is 0.477 e. The zero-order valence-corrected chi connectivity index (χ0v) is 17.7. The monoisotopic (exact) mass is 467 g/mol. The molecule has 2 aromatic heterocycles. The molecule has 0 aliphatic rings. The second-order valence-corrected chi connectivity index (χ2v) is 8.64. The van der Waals surface area contributed by atoms with E-state index < -0.39 is 28.0 Å². The molecule has 3 aromatic rings. The predicted molar refractivity (Wildman–Crippen MR) is 113 cm³/mol. The Morgan fingerprint density at radius 3 is 2.38 bits per heavy atom. The molecule has 0 bridgehead atoms. The van der Waals surface area contributed by atoms with E-state index in [2.05, 4.69) is 15.0 Å². The number of nitrogens with two attached hydrogens (primary N) is 2. The molecule has 0 saturated carbocycles. The minimum absolute atomic E-state index is 0.0444. The van der Waals surface area contributed by atoms with Crippen LogP contribution in [0.1, 0.15) is 24.2 Å². The predicted octanol–water partition coefficient (Wildman–Crippen LogP) is 3.23. The zero-order chi connectivity index (χ0) is 23.5. The number of primary sulfonamides is 1. The molecular formula is C20H20F3N5O3S. The van der Waals surface area contributed by atoms with Gasteiger partial charge in [-0.25, -0.2) is 31.7 Å². The number of hydrogen-bond donors (Lipinski definition) is 2. The van der Waals surface area contributed by atoms with E-state index in [9.17, 15) is 21.6 Å². The van der Waals surface area contributed by atoms with Gasteiger partial charge in [0, 0.05) is 11.3 Å². The molecule has 0 fully saturated rings. The number of ether oxygens (including phenoxy) is 1. The second kappa shape index (κ2) is 9.49. The van der Waals surface area contributed by atoms with Gasteiger partial charge in [-0.3, -0.25) is 4.98 Å². The van der Waals surface area contributed by atoms with E-state index >= 15 is 0 Å². The van der Waals surface area contributed by atoms with Crippen molar-refractivity contribution in [3.8, 4) is 28.3 Å². The van der Waals surface area contributed by atoms with Gasteiger partial charge in [0.1, 0.15) is 11.5 Å². The molecule has 170 valence electrons. The number of nitrogens with zero attached hydrogens (tertiary/aromatic N) is 3. The number of sulfonamides is 1. The van der Waals surface area contributed by atoms with Gasteiger partial charge in [-0.15, -0.1) is 0 Å². The van der Waals surface area contributed by atoms with Crippen molar-refractivity contribution in [3.63, 3.8) is 0 Å². The van der Waals surface area contributed by atoms with Crippen LogP contribution in [0.3, 0.4) is 0 Å². The topological polar surface area (TPSA) is 134 Å². The lowest BCUT2D eigenvalue weighted by atomic mass is 9.99. The number of aromatic nitrogens is 3. The maximum absolute atomic E-state index is 13.4. The average molecular weight is 467 g/mol. The van der Waals surface area contributed by atoms with E-state index in [4.69, 9.17) is 15.6 Å². The van der Waals surface area contributed by atoms with Gasteiger partial charge in [-0.2, -0.15) is 4.98 Å². The lowest BCUT2D eigenvalue weighted by Gasteiger charge is -2.16. The fraction of sp³-hybridized carbons (Fsp3) is 0.250. The number of nitrogen functional groups attached to an aromatic ring is 1. The molecule has 0 radical (unpaired) electrons. The highest BCUT2D eigenvalue weighted by Crippen LogP contribution is 2.39. The zero-order valence-electron chi connectivity index (χ0n) is 16.9. The molecule has 12 heteroatoms. The number of hydrogen-bond acceptors (Lipinski definition) is 7. The maximum Gasteiger partial charge on any atom is 0.280 e. The maximum atomic E-state index is 13.4.